The lowest BCUT2D eigenvalue weighted by Crippen LogP contribution is -2.23. The minimum atomic E-state index is -5.08. The van der Waals surface area contributed by atoms with Crippen molar-refractivity contribution in [2.45, 2.75) is 19.1 Å². The lowest BCUT2D eigenvalue weighted by molar-refractivity contribution is -0.192. The van der Waals surface area contributed by atoms with E-state index in [9.17, 15) is 13.2 Å². The summed E-state index contributed by atoms with van der Waals surface area (Å²) in [4.78, 5) is 13.2. The molecule has 21 heavy (non-hydrogen) atoms. The number of rotatable bonds is 0. The molecule has 0 atom stereocenters. The summed E-state index contributed by atoms with van der Waals surface area (Å²) >= 11 is 3.47. The van der Waals surface area contributed by atoms with E-state index in [-0.39, 0.29) is 0 Å². The molecule has 3 heterocycles. The predicted octanol–water partition coefficient (Wildman–Crippen LogP) is 2.00. The van der Waals surface area contributed by atoms with Crippen LogP contribution < -0.4 is 5.32 Å². The second kappa shape index (κ2) is 5.98. The van der Waals surface area contributed by atoms with Gasteiger partial charge in [-0.1, -0.05) is 0 Å². The first-order valence-corrected chi connectivity index (χ1v) is 6.61. The van der Waals surface area contributed by atoms with Crippen LogP contribution in [0.15, 0.2) is 10.8 Å². The second-order valence-electron chi connectivity index (χ2n) is 4.23. The standard InChI is InChI=1S/C9H9BrN4.C2HF3O2/c10-8-7-6-1-2-11-3-5(6)4-12-9(7)14-13-8;3-2(4,5)1(6)7/h4,11H,1-3H2,(H,12,13,14);(H,6,7). The number of pyridine rings is 1. The summed E-state index contributed by atoms with van der Waals surface area (Å²) < 4.78 is 32.7. The fourth-order valence-electron chi connectivity index (χ4n) is 1.92. The van der Waals surface area contributed by atoms with Gasteiger partial charge in [-0.3, -0.25) is 5.10 Å². The summed E-state index contributed by atoms with van der Waals surface area (Å²) in [6.45, 7) is 1.94. The smallest absolute Gasteiger partial charge is 0.475 e. The zero-order chi connectivity index (χ0) is 15.6. The van der Waals surface area contributed by atoms with Crippen LogP contribution >= 0.6 is 15.9 Å². The molecular weight excluding hydrogens is 357 g/mol. The number of carbonyl (C=O) groups is 1. The summed E-state index contributed by atoms with van der Waals surface area (Å²) in [5, 5.41) is 18.6. The molecule has 0 saturated carbocycles. The highest BCUT2D eigenvalue weighted by Crippen LogP contribution is 2.27. The number of aliphatic carboxylic acids is 1. The summed E-state index contributed by atoms with van der Waals surface area (Å²) in [6.07, 6.45) is -2.12. The Labute approximate surface area is 124 Å². The molecule has 0 saturated heterocycles. The number of fused-ring (bicyclic) bond motifs is 3. The molecule has 2 aromatic heterocycles. The van der Waals surface area contributed by atoms with E-state index in [1.807, 2.05) is 6.20 Å². The monoisotopic (exact) mass is 366 g/mol. The Morgan fingerprint density at radius 2 is 2.10 bits per heavy atom. The van der Waals surface area contributed by atoms with Crippen LogP contribution in [0.3, 0.4) is 0 Å². The number of carboxylic acids is 1. The first kappa shape index (κ1) is 15.7. The Bertz CT molecular complexity index is 671. The summed E-state index contributed by atoms with van der Waals surface area (Å²) in [5.74, 6) is -2.76. The predicted molar refractivity (Wildman–Crippen MR) is 70.7 cm³/mol. The maximum atomic E-state index is 10.6. The number of carboxylic acid groups (broad SMARTS) is 1. The molecule has 0 amide bonds. The van der Waals surface area contributed by atoms with Crippen LogP contribution in [-0.2, 0) is 17.8 Å². The molecule has 1 aliphatic rings. The van der Waals surface area contributed by atoms with Crippen molar-refractivity contribution >= 4 is 32.9 Å². The Balaban J connectivity index is 0.000000199. The maximum Gasteiger partial charge on any atom is 0.490 e. The zero-order valence-corrected chi connectivity index (χ0v) is 12.0. The van der Waals surface area contributed by atoms with Crippen molar-refractivity contribution in [1.29, 1.82) is 0 Å². The second-order valence-corrected chi connectivity index (χ2v) is 5.02. The van der Waals surface area contributed by atoms with Gasteiger partial charge in [-0.15, -0.1) is 0 Å². The highest BCUT2D eigenvalue weighted by molar-refractivity contribution is 9.10. The van der Waals surface area contributed by atoms with Crippen molar-refractivity contribution in [1.82, 2.24) is 20.5 Å². The number of hydrogen-bond donors (Lipinski definition) is 3. The van der Waals surface area contributed by atoms with Crippen molar-refractivity contribution < 1.29 is 23.1 Å². The van der Waals surface area contributed by atoms with Gasteiger partial charge in [-0.05, 0) is 40.0 Å². The first-order valence-electron chi connectivity index (χ1n) is 5.82. The van der Waals surface area contributed by atoms with Crippen molar-refractivity contribution in [3.63, 3.8) is 0 Å². The van der Waals surface area contributed by atoms with Crippen molar-refractivity contribution in [3.05, 3.63) is 21.9 Å². The SMILES string of the molecule is Brc1[nH]nc2ncc3c(c12)CCNC3.O=C(O)C(F)(F)F. The third kappa shape index (κ3) is 3.50. The lowest BCUT2D eigenvalue weighted by Gasteiger charge is -2.16. The largest absolute Gasteiger partial charge is 0.490 e. The van der Waals surface area contributed by atoms with Crippen LogP contribution in [-0.4, -0.2) is 39.0 Å². The number of H-pyrrole nitrogens is 1. The molecule has 0 bridgehead atoms. The molecule has 0 spiro atoms. The van der Waals surface area contributed by atoms with Gasteiger partial charge in [0.2, 0.25) is 0 Å². The van der Waals surface area contributed by atoms with Crippen molar-refractivity contribution in [3.8, 4) is 0 Å². The Morgan fingerprint density at radius 3 is 2.71 bits per heavy atom. The highest BCUT2D eigenvalue weighted by Gasteiger charge is 2.38. The van der Waals surface area contributed by atoms with Gasteiger partial charge in [-0.2, -0.15) is 18.3 Å². The minimum absolute atomic E-state index is 0.803. The average Bonchev–Trinajstić information content (AvgIpc) is 2.80. The number of alkyl halides is 3. The number of hydrogen-bond acceptors (Lipinski definition) is 4. The van der Waals surface area contributed by atoms with Crippen molar-refractivity contribution in [2.75, 3.05) is 6.54 Å². The minimum Gasteiger partial charge on any atom is -0.475 e. The third-order valence-electron chi connectivity index (χ3n) is 2.84. The van der Waals surface area contributed by atoms with Crippen molar-refractivity contribution in [2.24, 2.45) is 0 Å². The van der Waals surface area contributed by atoms with E-state index in [1.54, 1.807) is 0 Å². The normalized spacial score (nSPS) is 14.3. The zero-order valence-electron chi connectivity index (χ0n) is 10.5. The summed E-state index contributed by atoms with van der Waals surface area (Å²) in [5.41, 5.74) is 3.46. The van der Waals surface area contributed by atoms with Crippen LogP contribution in [0.2, 0.25) is 0 Å². The number of aromatic nitrogens is 3. The molecule has 0 unspecified atom stereocenters. The van der Waals surface area contributed by atoms with Crippen LogP contribution in [0.1, 0.15) is 11.1 Å². The van der Waals surface area contributed by atoms with Gasteiger partial charge in [-0.25, -0.2) is 9.78 Å². The Kier molecular flexibility index (Phi) is 4.47. The van der Waals surface area contributed by atoms with E-state index in [4.69, 9.17) is 9.90 Å². The first-order chi connectivity index (χ1) is 9.80. The lowest BCUT2D eigenvalue weighted by atomic mass is 10.0. The number of halogens is 4. The molecule has 0 radical (unpaired) electrons. The van der Waals surface area contributed by atoms with Gasteiger partial charge in [0.05, 0.1) is 5.39 Å². The highest BCUT2D eigenvalue weighted by atomic mass is 79.9. The van der Waals surface area contributed by atoms with Crippen LogP contribution in [0, 0.1) is 0 Å². The molecule has 0 aromatic carbocycles. The third-order valence-corrected chi connectivity index (χ3v) is 3.42. The maximum absolute atomic E-state index is 10.6. The van der Waals surface area contributed by atoms with Gasteiger partial charge in [0.25, 0.3) is 0 Å². The molecule has 10 heteroatoms. The molecule has 6 nitrogen and oxygen atoms in total. The van der Waals surface area contributed by atoms with E-state index in [0.717, 1.165) is 35.1 Å². The van der Waals surface area contributed by atoms with E-state index in [2.05, 4.69) is 36.4 Å². The molecule has 114 valence electrons. The van der Waals surface area contributed by atoms with Crippen LogP contribution in [0.5, 0.6) is 0 Å². The summed E-state index contributed by atoms with van der Waals surface area (Å²) in [7, 11) is 0. The molecule has 3 N–H and O–H groups in total. The quantitative estimate of drug-likeness (QED) is 0.663. The average molecular weight is 367 g/mol. The van der Waals surface area contributed by atoms with E-state index in [1.165, 1.54) is 11.1 Å². The van der Waals surface area contributed by atoms with Gasteiger partial charge in [0.15, 0.2) is 5.65 Å². The fourth-order valence-corrected chi connectivity index (χ4v) is 2.43. The topological polar surface area (TPSA) is 90.9 Å². The molecule has 0 fully saturated rings. The molecular formula is C11H10BrF3N4O2. The molecule has 1 aliphatic heterocycles. The number of nitrogens with zero attached hydrogens (tertiary/aromatic N) is 2. The van der Waals surface area contributed by atoms with Gasteiger partial charge in [0.1, 0.15) is 4.60 Å². The fraction of sp³-hybridized carbons (Fsp3) is 0.364. The summed E-state index contributed by atoms with van der Waals surface area (Å²) in [6, 6.07) is 0. The number of aromatic amines is 1. The Hall–Kier alpha value is -1.68. The molecule has 3 rings (SSSR count). The van der Waals surface area contributed by atoms with Crippen LogP contribution in [0.25, 0.3) is 11.0 Å². The van der Waals surface area contributed by atoms with Crippen LogP contribution in [0.4, 0.5) is 13.2 Å². The number of nitrogens with one attached hydrogen (secondary N) is 2. The van der Waals surface area contributed by atoms with Gasteiger partial charge in [0, 0.05) is 12.7 Å². The van der Waals surface area contributed by atoms with Gasteiger partial charge >= 0.3 is 12.1 Å². The van der Waals surface area contributed by atoms with Gasteiger partial charge < -0.3 is 10.4 Å². The van der Waals surface area contributed by atoms with E-state index >= 15 is 0 Å². The van der Waals surface area contributed by atoms with E-state index in [0.29, 0.717) is 0 Å². The Morgan fingerprint density at radius 1 is 1.43 bits per heavy atom. The van der Waals surface area contributed by atoms with E-state index < -0.39 is 12.1 Å². The molecule has 0 aliphatic carbocycles. The molecule has 2 aromatic rings.